The van der Waals surface area contributed by atoms with E-state index in [1.807, 2.05) is 35.8 Å². The van der Waals surface area contributed by atoms with Crippen LogP contribution in [0, 0.1) is 12.7 Å². The molecule has 0 radical (unpaired) electrons. The van der Waals surface area contributed by atoms with Crippen molar-refractivity contribution in [3.05, 3.63) is 71.3 Å². The Morgan fingerprint density at radius 2 is 1.78 bits per heavy atom. The minimum Gasteiger partial charge on any atom is -0.335 e. The maximum Gasteiger partial charge on any atom is 0.315 e. The molecule has 168 valence electrons. The van der Waals surface area contributed by atoms with Crippen molar-refractivity contribution in [1.82, 2.24) is 25.4 Å². The van der Waals surface area contributed by atoms with Crippen LogP contribution >= 0.6 is 11.8 Å². The molecule has 1 aromatic heterocycles. The number of rotatable bonds is 7. The molecule has 0 aliphatic heterocycles. The highest BCUT2D eigenvalue weighted by Crippen LogP contribution is 2.26. The average molecular weight is 454 g/mol. The molecule has 1 saturated carbocycles. The van der Waals surface area contributed by atoms with E-state index in [0.29, 0.717) is 11.6 Å². The van der Waals surface area contributed by atoms with Gasteiger partial charge in [-0.15, -0.1) is 10.2 Å². The quantitative estimate of drug-likeness (QED) is 0.486. The first-order chi connectivity index (χ1) is 15.6. The highest BCUT2D eigenvalue weighted by molar-refractivity contribution is 7.98. The second kappa shape index (κ2) is 10.6. The highest BCUT2D eigenvalue weighted by Gasteiger charge is 2.18. The summed E-state index contributed by atoms with van der Waals surface area (Å²) in [6, 6.07) is 14.7. The lowest BCUT2D eigenvalue weighted by Gasteiger charge is -2.22. The standard InChI is InChI=1S/C24H28FN5OS/c1-17-7-13-21(14-8-17)30-22(15-26-23(31)27-20-5-3-2-4-6-20)28-29-24(30)32-16-18-9-11-19(25)12-10-18/h7-14,20H,2-6,15-16H2,1H3,(H2,26,27,31). The number of carbonyl (C=O) groups is 1. The molecule has 0 unspecified atom stereocenters. The fourth-order valence-electron chi connectivity index (χ4n) is 3.83. The first-order valence-electron chi connectivity index (χ1n) is 11.0. The van der Waals surface area contributed by atoms with Gasteiger partial charge in [-0.3, -0.25) is 4.57 Å². The Bertz CT molecular complexity index is 1030. The summed E-state index contributed by atoms with van der Waals surface area (Å²) in [5.41, 5.74) is 3.10. The smallest absolute Gasteiger partial charge is 0.315 e. The molecule has 0 atom stereocenters. The Balaban J connectivity index is 1.47. The third-order valence-electron chi connectivity index (χ3n) is 5.62. The molecule has 2 aromatic carbocycles. The summed E-state index contributed by atoms with van der Waals surface area (Å²) >= 11 is 1.53. The van der Waals surface area contributed by atoms with Crippen molar-refractivity contribution in [1.29, 1.82) is 0 Å². The van der Waals surface area contributed by atoms with Crippen molar-refractivity contribution in [3.63, 3.8) is 0 Å². The van der Waals surface area contributed by atoms with Crippen LogP contribution in [0.3, 0.4) is 0 Å². The Labute approximate surface area is 192 Å². The number of benzene rings is 2. The van der Waals surface area contributed by atoms with Gasteiger partial charge in [-0.1, -0.05) is 60.9 Å². The molecule has 1 aliphatic carbocycles. The number of nitrogens with zero attached hydrogens (tertiary/aromatic N) is 3. The summed E-state index contributed by atoms with van der Waals surface area (Å²) in [5.74, 6) is 1.05. The van der Waals surface area contributed by atoms with E-state index < -0.39 is 0 Å². The van der Waals surface area contributed by atoms with E-state index >= 15 is 0 Å². The van der Waals surface area contributed by atoms with Crippen molar-refractivity contribution in [2.24, 2.45) is 0 Å². The molecule has 3 aromatic rings. The number of nitrogens with one attached hydrogen (secondary N) is 2. The zero-order valence-corrected chi connectivity index (χ0v) is 19.0. The molecule has 2 amide bonds. The van der Waals surface area contributed by atoms with Gasteiger partial charge < -0.3 is 10.6 Å². The predicted octanol–water partition coefficient (Wildman–Crippen LogP) is 5.14. The van der Waals surface area contributed by atoms with Gasteiger partial charge in [0.2, 0.25) is 0 Å². The number of carbonyl (C=O) groups excluding carboxylic acids is 1. The van der Waals surface area contributed by atoms with E-state index in [0.717, 1.165) is 34.8 Å². The van der Waals surface area contributed by atoms with Crippen molar-refractivity contribution >= 4 is 17.8 Å². The summed E-state index contributed by atoms with van der Waals surface area (Å²) < 4.78 is 15.2. The molecule has 0 bridgehead atoms. The van der Waals surface area contributed by atoms with Crippen LogP contribution in [0.15, 0.2) is 53.7 Å². The van der Waals surface area contributed by atoms with Gasteiger partial charge >= 0.3 is 6.03 Å². The SMILES string of the molecule is Cc1ccc(-n2c(CNC(=O)NC3CCCCC3)nnc2SCc2ccc(F)cc2)cc1. The molecular formula is C24H28FN5OS. The molecule has 32 heavy (non-hydrogen) atoms. The Kier molecular flexibility index (Phi) is 7.42. The summed E-state index contributed by atoms with van der Waals surface area (Å²) in [5, 5.41) is 15.5. The van der Waals surface area contributed by atoms with Gasteiger partial charge in [-0.25, -0.2) is 9.18 Å². The average Bonchev–Trinajstić information content (AvgIpc) is 3.21. The summed E-state index contributed by atoms with van der Waals surface area (Å²) in [4.78, 5) is 12.4. The molecule has 1 aliphatic rings. The monoisotopic (exact) mass is 453 g/mol. The van der Waals surface area contributed by atoms with Crippen molar-refractivity contribution in [2.75, 3.05) is 0 Å². The molecule has 8 heteroatoms. The molecule has 4 rings (SSSR count). The van der Waals surface area contributed by atoms with Crippen LogP contribution in [0.2, 0.25) is 0 Å². The maximum absolute atomic E-state index is 13.2. The van der Waals surface area contributed by atoms with E-state index in [-0.39, 0.29) is 24.4 Å². The van der Waals surface area contributed by atoms with Crippen molar-refractivity contribution in [2.45, 2.75) is 62.5 Å². The van der Waals surface area contributed by atoms with Gasteiger partial charge in [0, 0.05) is 17.5 Å². The number of aryl methyl sites for hydroxylation is 1. The van der Waals surface area contributed by atoms with Gasteiger partial charge in [0.15, 0.2) is 11.0 Å². The third kappa shape index (κ3) is 5.88. The lowest BCUT2D eigenvalue weighted by molar-refractivity contribution is 0.232. The number of urea groups is 1. The Hall–Kier alpha value is -2.87. The molecule has 2 N–H and O–H groups in total. The van der Waals surface area contributed by atoms with Crippen LogP contribution in [0.5, 0.6) is 0 Å². The van der Waals surface area contributed by atoms with Crippen LogP contribution in [-0.4, -0.2) is 26.8 Å². The number of amides is 2. The van der Waals surface area contributed by atoms with Crippen LogP contribution in [0.1, 0.15) is 49.1 Å². The van der Waals surface area contributed by atoms with E-state index in [2.05, 4.69) is 20.8 Å². The van der Waals surface area contributed by atoms with Crippen LogP contribution < -0.4 is 10.6 Å². The largest absolute Gasteiger partial charge is 0.335 e. The zero-order chi connectivity index (χ0) is 22.3. The third-order valence-corrected chi connectivity index (χ3v) is 6.62. The molecular weight excluding hydrogens is 425 g/mol. The van der Waals surface area contributed by atoms with Gasteiger partial charge in [0.1, 0.15) is 5.82 Å². The fourth-order valence-corrected chi connectivity index (χ4v) is 4.76. The van der Waals surface area contributed by atoms with Gasteiger partial charge in [0.05, 0.1) is 6.54 Å². The normalized spacial score (nSPS) is 14.3. The second-order valence-corrected chi connectivity index (χ2v) is 9.09. The number of thioether (sulfide) groups is 1. The van der Waals surface area contributed by atoms with Crippen LogP contribution in [-0.2, 0) is 12.3 Å². The van der Waals surface area contributed by atoms with Crippen LogP contribution in [0.4, 0.5) is 9.18 Å². The second-order valence-electron chi connectivity index (χ2n) is 8.15. The summed E-state index contributed by atoms with van der Waals surface area (Å²) in [6.07, 6.45) is 5.66. The molecule has 0 saturated heterocycles. The first-order valence-corrected chi connectivity index (χ1v) is 12.0. The minimum atomic E-state index is -0.249. The van der Waals surface area contributed by atoms with Gasteiger partial charge in [0.25, 0.3) is 0 Å². The summed E-state index contributed by atoms with van der Waals surface area (Å²) in [6.45, 7) is 2.31. The molecule has 0 spiro atoms. The lowest BCUT2D eigenvalue weighted by Crippen LogP contribution is -2.42. The zero-order valence-electron chi connectivity index (χ0n) is 18.2. The molecule has 1 heterocycles. The van der Waals surface area contributed by atoms with E-state index in [4.69, 9.17) is 0 Å². The lowest BCUT2D eigenvalue weighted by atomic mass is 9.96. The maximum atomic E-state index is 13.2. The number of hydrogen-bond acceptors (Lipinski definition) is 4. The van der Waals surface area contributed by atoms with Crippen molar-refractivity contribution < 1.29 is 9.18 Å². The molecule has 1 fully saturated rings. The Morgan fingerprint density at radius 3 is 2.50 bits per heavy atom. The van der Waals surface area contributed by atoms with E-state index in [1.54, 1.807) is 12.1 Å². The number of hydrogen-bond donors (Lipinski definition) is 2. The van der Waals surface area contributed by atoms with E-state index in [1.165, 1.54) is 43.2 Å². The van der Waals surface area contributed by atoms with Crippen LogP contribution in [0.25, 0.3) is 5.69 Å². The summed E-state index contributed by atoms with van der Waals surface area (Å²) in [7, 11) is 0. The topological polar surface area (TPSA) is 71.8 Å². The predicted molar refractivity (Wildman–Crippen MR) is 124 cm³/mol. The van der Waals surface area contributed by atoms with Gasteiger partial charge in [-0.2, -0.15) is 0 Å². The van der Waals surface area contributed by atoms with Crippen molar-refractivity contribution in [3.8, 4) is 5.69 Å². The first kappa shape index (κ1) is 22.3. The minimum absolute atomic E-state index is 0.170. The molecule has 6 nitrogen and oxygen atoms in total. The van der Waals surface area contributed by atoms with Gasteiger partial charge in [-0.05, 0) is 49.6 Å². The number of aromatic nitrogens is 3. The number of halogens is 1. The van der Waals surface area contributed by atoms with E-state index in [9.17, 15) is 9.18 Å². The fraction of sp³-hybridized carbons (Fsp3) is 0.375. The Morgan fingerprint density at radius 1 is 1.06 bits per heavy atom. The highest BCUT2D eigenvalue weighted by atomic mass is 32.2.